The monoisotopic (exact) mass is 554 g/mol. The summed E-state index contributed by atoms with van der Waals surface area (Å²) < 4.78 is 56.4. The average molecular weight is 555 g/mol. The summed E-state index contributed by atoms with van der Waals surface area (Å²) in [6.07, 6.45) is -2.43. The van der Waals surface area contributed by atoms with Crippen LogP contribution in [0, 0.1) is 19.1 Å². The zero-order valence-electron chi connectivity index (χ0n) is 22.1. The predicted octanol–water partition coefficient (Wildman–Crippen LogP) is 5.10. The smallest absolute Gasteiger partial charge is 0.451 e. The lowest BCUT2D eigenvalue weighted by atomic mass is 9.86. The first-order valence-electron chi connectivity index (χ1n) is 13.3. The molecule has 2 amide bonds. The maximum atomic E-state index is 13.3. The highest BCUT2D eigenvalue weighted by Crippen LogP contribution is 2.43. The van der Waals surface area contributed by atoms with Gasteiger partial charge in [0.1, 0.15) is 17.0 Å². The molecular formula is C29H29F3N4O4. The molecule has 0 unspecified atom stereocenters. The summed E-state index contributed by atoms with van der Waals surface area (Å²) in [5.74, 6) is -0.158. The van der Waals surface area contributed by atoms with Gasteiger partial charge in [0.05, 0.1) is 18.9 Å². The van der Waals surface area contributed by atoms with Crippen molar-refractivity contribution in [3.05, 3.63) is 65.4 Å². The van der Waals surface area contributed by atoms with Gasteiger partial charge in [-0.2, -0.15) is 13.2 Å². The van der Waals surface area contributed by atoms with Crippen molar-refractivity contribution < 1.29 is 31.9 Å². The van der Waals surface area contributed by atoms with Gasteiger partial charge in [0.25, 0.3) is 0 Å². The van der Waals surface area contributed by atoms with Gasteiger partial charge in [-0.25, -0.2) is 9.78 Å². The number of anilines is 1. The summed E-state index contributed by atoms with van der Waals surface area (Å²) in [7, 11) is 0. The van der Waals surface area contributed by atoms with E-state index >= 15 is 0 Å². The maximum absolute atomic E-state index is 13.3. The minimum Gasteiger partial charge on any atom is -0.487 e. The Hall–Kier alpha value is -3.75. The van der Waals surface area contributed by atoms with Crippen LogP contribution in [0.2, 0.25) is 0 Å². The normalized spacial score (nSPS) is 18.8. The zero-order chi connectivity index (χ0) is 27.9. The molecule has 210 valence electrons. The number of ether oxygens (including phenoxy) is 2. The second-order valence-electron chi connectivity index (χ2n) is 10.5. The fraction of sp³-hybridized carbons (Fsp3) is 0.448. The second-order valence-corrected chi connectivity index (χ2v) is 10.5. The molecule has 0 radical (unpaired) electrons. The number of fused-ring (bicyclic) bond motifs is 1. The van der Waals surface area contributed by atoms with E-state index in [2.05, 4.69) is 28.5 Å². The third-order valence-corrected chi connectivity index (χ3v) is 7.70. The number of piperidine rings is 1. The average Bonchev–Trinajstić information content (AvgIpc) is 3.50. The van der Waals surface area contributed by atoms with Crippen LogP contribution in [0.25, 0.3) is 11.1 Å². The van der Waals surface area contributed by atoms with Crippen molar-refractivity contribution >= 4 is 11.7 Å². The zero-order valence-corrected chi connectivity index (χ0v) is 22.1. The molecule has 2 saturated heterocycles. The molecule has 1 aromatic heterocycles. The number of likely N-dealkylation sites (tertiary alicyclic amines) is 1. The first kappa shape index (κ1) is 26.5. The van der Waals surface area contributed by atoms with E-state index in [1.807, 2.05) is 29.2 Å². The van der Waals surface area contributed by atoms with E-state index in [0.717, 1.165) is 28.9 Å². The molecule has 3 aliphatic rings. The van der Waals surface area contributed by atoms with Gasteiger partial charge in [-0.1, -0.05) is 12.1 Å². The van der Waals surface area contributed by atoms with Crippen LogP contribution in [0.15, 0.2) is 34.7 Å². The minimum absolute atomic E-state index is 0.0170. The quantitative estimate of drug-likeness (QED) is 0.483. The van der Waals surface area contributed by atoms with Crippen LogP contribution in [0.3, 0.4) is 0 Å². The van der Waals surface area contributed by atoms with Crippen molar-refractivity contribution in [3.63, 3.8) is 0 Å². The van der Waals surface area contributed by atoms with Crippen molar-refractivity contribution in [2.45, 2.75) is 44.5 Å². The summed E-state index contributed by atoms with van der Waals surface area (Å²) in [6, 6.07) is 15.7. The number of benzene rings is 1. The summed E-state index contributed by atoms with van der Waals surface area (Å²) in [6.45, 7) is 4.92. The van der Waals surface area contributed by atoms with Gasteiger partial charge in [-0.05, 0) is 41.5 Å². The van der Waals surface area contributed by atoms with Crippen LogP contribution in [0.4, 0.5) is 23.7 Å². The molecular weight excluding hydrogens is 525 g/mol. The maximum Gasteiger partial charge on any atom is 0.451 e. The molecule has 4 heterocycles. The SMILES string of the molecule is Cc1nc(CN2CCC3(CC2)Cc2cc(-c4c#cc(NC(=O)N5CCOCC5)cc4)ccc2O3)c(C(F)(F)F)o1. The summed E-state index contributed by atoms with van der Waals surface area (Å²) in [4.78, 5) is 20.1. The predicted molar refractivity (Wildman–Crippen MR) is 139 cm³/mol. The molecule has 3 aliphatic heterocycles. The third-order valence-electron chi connectivity index (χ3n) is 7.70. The number of nitrogens with one attached hydrogen (secondary N) is 1. The summed E-state index contributed by atoms with van der Waals surface area (Å²) >= 11 is 0. The van der Waals surface area contributed by atoms with Crippen LogP contribution in [-0.4, -0.2) is 65.8 Å². The number of urea groups is 1. The minimum atomic E-state index is -4.56. The Morgan fingerprint density at radius 1 is 1.10 bits per heavy atom. The lowest BCUT2D eigenvalue weighted by Gasteiger charge is -2.38. The number of halogens is 3. The van der Waals surface area contributed by atoms with Crippen molar-refractivity contribution in [1.29, 1.82) is 0 Å². The van der Waals surface area contributed by atoms with E-state index < -0.39 is 11.9 Å². The molecule has 0 aliphatic carbocycles. The van der Waals surface area contributed by atoms with E-state index in [1.54, 1.807) is 4.90 Å². The van der Waals surface area contributed by atoms with Gasteiger partial charge in [0.2, 0.25) is 5.76 Å². The van der Waals surface area contributed by atoms with E-state index in [4.69, 9.17) is 13.9 Å². The number of amides is 2. The van der Waals surface area contributed by atoms with Crippen LogP contribution in [0.1, 0.15) is 35.7 Å². The van der Waals surface area contributed by atoms with Gasteiger partial charge in [-0.3, -0.25) is 4.90 Å². The van der Waals surface area contributed by atoms with Crippen molar-refractivity contribution in [3.8, 4) is 16.9 Å². The number of carbonyl (C=O) groups is 1. The van der Waals surface area contributed by atoms with Gasteiger partial charge < -0.3 is 24.1 Å². The van der Waals surface area contributed by atoms with Crippen LogP contribution in [0.5, 0.6) is 5.75 Å². The highest BCUT2D eigenvalue weighted by molar-refractivity contribution is 5.89. The van der Waals surface area contributed by atoms with Gasteiger partial charge in [0.15, 0.2) is 5.89 Å². The Bertz CT molecular complexity index is 1370. The largest absolute Gasteiger partial charge is 0.487 e. The topological polar surface area (TPSA) is 80.1 Å². The number of hydrogen-bond acceptors (Lipinski definition) is 6. The molecule has 1 spiro atoms. The van der Waals surface area contributed by atoms with Gasteiger partial charge in [0, 0.05) is 64.5 Å². The molecule has 1 N–H and O–H groups in total. The van der Waals surface area contributed by atoms with E-state index in [-0.39, 0.29) is 29.8 Å². The number of carbonyl (C=O) groups excluding carboxylic acids is 1. The number of morpholine rings is 1. The van der Waals surface area contributed by atoms with E-state index in [0.29, 0.717) is 57.9 Å². The first-order chi connectivity index (χ1) is 19.2. The van der Waals surface area contributed by atoms with Gasteiger partial charge >= 0.3 is 12.2 Å². The molecule has 6 rings (SSSR count). The summed E-state index contributed by atoms with van der Waals surface area (Å²) in [5.41, 5.74) is 3.04. The van der Waals surface area contributed by atoms with Crippen molar-refractivity contribution in [1.82, 2.24) is 14.8 Å². The molecule has 0 bridgehead atoms. The molecule has 0 saturated carbocycles. The number of rotatable bonds is 4. The Kier molecular flexibility index (Phi) is 6.84. The number of hydrogen-bond donors (Lipinski definition) is 1. The lowest BCUT2D eigenvalue weighted by Crippen LogP contribution is -2.47. The third kappa shape index (κ3) is 5.46. The number of alkyl halides is 3. The molecule has 8 nitrogen and oxygen atoms in total. The second kappa shape index (κ2) is 10.3. The number of nitrogens with zero attached hydrogens (tertiary/aromatic N) is 3. The molecule has 0 atom stereocenters. The number of aromatic nitrogens is 1. The van der Waals surface area contributed by atoms with Crippen LogP contribution >= 0.6 is 0 Å². The molecule has 3 aromatic rings. The molecule has 11 heteroatoms. The van der Waals surface area contributed by atoms with Crippen molar-refractivity contribution in [2.24, 2.45) is 0 Å². The Balaban J connectivity index is 1.07. The highest BCUT2D eigenvalue weighted by Gasteiger charge is 2.43. The number of oxazole rings is 1. The number of aryl methyl sites for hydroxylation is 1. The van der Waals surface area contributed by atoms with Crippen molar-refractivity contribution in [2.75, 3.05) is 44.7 Å². The molecule has 2 fully saturated rings. The fourth-order valence-corrected chi connectivity index (χ4v) is 5.60. The van der Waals surface area contributed by atoms with E-state index in [9.17, 15) is 18.0 Å². The van der Waals surface area contributed by atoms with Crippen LogP contribution < -0.4 is 10.1 Å². The Labute approximate surface area is 230 Å². The first-order valence-corrected chi connectivity index (χ1v) is 13.3. The lowest BCUT2D eigenvalue weighted by molar-refractivity contribution is -0.154. The molecule has 2 aromatic carbocycles. The highest BCUT2D eigenvalue weighted by atomic mass is 19.4. The summed E-state index contributed by atoms with van der Waals surface area (Å²) in [5, 5.41) is 2.86. The fourth-order valence-electron chi connectivity index (χ4n) is 5.60. The Morgan fingerprint density at radius 3 is 2.58 bits per heavy atom. The standard InChI is InChI=1S/C29H29F3N4O4/c1-19-33-24(26(39-19)29(30,31)32)18-35-10-8-28(9-11-35)17-22-16-21(4-7-25(22)40-28)20-2-5-23(6-3-20)34-27(37)36-12-14-38-15-13-36/h2,4-5,7,16H,8-15,17-18H2,1H3,(H,34,37). The Morgan fingerprint density at radius 2 is 1.88 bits per heavy atom. The molecule has 40 heavy (non-hydrogen) atoms. The van der Waals surface area contributed by atoms with Gasteiger partial charge in [-0.15, -0.1) is 0 Å². The van der Waals surface area contributed by atoms with Crippen LogP contribution in [-0.2, 0) is 23.9 Å². The van der Waals surface area contributed by atoms with E-state index in [1.165, 1.54) is 6.92 Å².